The molecule has 0 aliphatic carbocycles. The highest BCUT2D eigenvalue weighted by Crippen LogP contribution is 2.31. The van der Waals surface area contributed by atoms with Crippen molar-refractivity contribution in [3.63, 3.8) is 0 Å². The Morgan fingerprint density at radius 1 is 1.00 bits per heavy atom. The first kappa shape index (κ1) is 20.9. The van der Waals surface area contributed by atoms with Gasteiger partial charge in [0.05, 0.1) is 35.7 Å². The molecule has 9 heteroatoms. The van der Waals surface area contributed by atoms with Crippen molar-refractivity contribution in [3.8, 4) is 10.4 Å². The van der Waals surface area contributed by atoms with Crippen LogP contribution in [0.15, 0.2) is 48.9 Å². The number of hydrogen-bond donors (Lipinski definition) is 2. The number of carbonyl (C=O) groups is 1. The molecule has 5 rings (SSSR count). The summed E-state index contributed by atoms with van der Waals surface area (Å²) >= 11 is 1.47. The molecule has 2 aliphatic rings. The first-order chi connectivity index (χ1) is 15.8. The largest absolute Gasteiger partial charge is 0.378 e. The van der Waals surface area contributed by atoms with Crippen LogP contribution in [0, 0.1) is 0 Å². The number of carbonyl (C=O) groups excluding carboxylic acids is 1. The fourth-order valence-corrected chi connectivity index (χ4v) is 4.87. The molecule has 0 aromatic carbocycles. The van der Waals surface area contributed by atoms with Crippen molar-refractivity contribution >= 4 is 34.4 Å². The van der Waals surface area contributed by atoms with Crippen molar-refractivity contribution in [2.45, 2.75) is 0 Å². The molecule has 3 aromatic heterocycles. The van der Waals surface area contributed by atoms with Crippen molar-refractivity contribution in [2.24, 2.45) is 0 Å². The zero-order chi connectivity index (χ0) is 21.8. The lowest BCUT2D eigenvalue weighted by atomic mass is 10.2. The van der Waals surface area contributed by atoms with E-state index in [0.29, 0.717) is 4.88 Å². The molecule has 2 aliphatic heterocycles. The maximum atomic E-state index is 13.0. The molecule has 0 bridgehead atoms. The van der Waals surface area contributed by atoms with E-state index in [0.717, 1.165) is 80.1 Å². The van der Waals surface area contributed by atoms with Gasteiger partial charge in [0, 0.05) is 62.1 Å². The van der Waals surface area contributed by atoms with Crippen LogP contribution in [-0.4, -0.2) is 68.4 Å². The van der Waals surface area contributed by atoms with Crippen LogP contribution < -0.4 is 20.4 Å². The number of nitrogens with zero attached hydrogens (tertiary/aromatic N) is 4. The average molecular weight is 451 g/mol. The quantitative estimate of drug-likeness (QED) is 0.618. The van der Waals surface area contributed by atoms with Gasteiger partial charge in [0.15, 0.2) is 0 Å². The van der Waals surface area contributed by atoms with Gasteiger partial charge in [-0.2, -0.15) is 0 Å². The second-order valence-corrected chi connectivity index (χ2v) is 8.84. The molecule has 1 amide bonds. The van der Waals surface area contributed by atoms with Gasteiger partial charge in [-0.3, -0.25) is 9.78 Å². The van der Waals surface area contributed by atoms with Gasteiger partial charge < -0.3 is 25.2 Å². The van der Waals surface area contributed by atoms with Crippen molar-refractivity contribution in [1.29, 1.82) is 0 Å². The Morgan fingerprint density at radius 3 is 2.62 bits per heavy atom. The molecule has 0 saturated carbocycles. The number of ether oxygens (including phenoxy) is 1. The molecule has 0 spiro atoms. The van der Waals surface area contributed by atoms with Crippen LogP contribution in [0.1, 0.15) is 9.67 Å². The Morgan fingerprint density at radius 2 is 1.84 bits per heavy atom. The van der Waals surface area contributed by atoms with E-state index in [2.05, 4.69) is 36.5 Å². The number of pyridine rings is 2. The van der Waals surface area contributed by atoms with Gasteiger partial charge >= 0.3 is 0 Å². The normalized spacial score (nSPS) is 16.8. The second-order valence-electron chi connectivity index (χ2n) is 7.75. The molecular formula is C23H26N6O2S. The summed E-state index contributed by atoms with van der Waals surface area (Å²) in [4.78, 5) is 28.0. The van der Waals surface area contributed by atoms with Gasteiger partial charge in [0.25, 0.3) is 5.91 Å². The summed E-state index contributed by atoms with van der Waals surface area (Å²) in [5.41, 5.74) is 2.76. The van der Waals surface area contributed by atoms with Crippen molar-refractivity contribution in [1.82, 2.24) is 15.3 Å². The average Bonchev–Trinajstić information content (AvgIpc) is 3.36. The number of anilines is 3. The molecule has 0 radical (unpaired) electrons. The third-order valence-electron chi connectivity index (χ3n) is 5.70. The highest BCUT2D eigenvalue weighted by molar-refractivity contribution is 7.17. The van der Waals surface area contributed by atoms with Gasteiger partial charge in [0.2, 0.25) is 0 Å². The molecule has 0 atom stereocenters. The topological polar surface area (TPSA) is 82.6 Å². The van der Waals surface area contributed by atoms with Crippen LogP contribution in [0.4, 0.5) is 17.2 Å². The smallest absolute Gasteiger partial charge is 0.265 e. The summed E-state index contributed by atoms with van der Waals surface area (Å²) in [6.45, 7) is 6.87. The number of aromatic nitrogens is 2. The van der Waals surface area contributed by atoms with E-state index in [-0.39, 0.29) is 5.91 Å². The van der Waals surface area contributed by atoms with Gasteiger partial charge in [0.1, 0.15) is 5.82 Å². The van der Waals surface area contributed by atoms with Crippen LogP contribution in [0.3, 0.4) is 0 Å². The predicted octanol–water partition coefficient (Wildman–Crippen LogP) is 2.70. The summed E-state index contributed by atoms with van der Waals surface area (Å²) in [5, 5.41) is 6.41. The van der Waals surface area contributed by atoms with Crippen LogP contribution in [0.25, 0.3) is 10.4 Å². The minimum Gasteiger partial charge on any atom is -0.378 e. The van der Waals surface area contributed by atoms with Gasteiger partial charge in [-0.25, -0.2) is 4.98 Å². The molecule has 166 valence electrons. The Hall–Kier alpha value is -3.01. The van der Waals surface area contributed by atoms with Gasteiger partial charge in [-0.1, -0.05) is 0 Å². The molecule has 8 nitrogen and oxygen atoms in total. The van der Waals surface area contributed by atoms with E-state index < -0.39 is 0 Å². The predicted molar refractivity (Wildman–Crippen MR) is 128 cm³/mol. The minimum absolute atomic E-state index is 0.122. The summed E-state index contributed by atoms with van der Waals surface area (Å²) in [7, 11) is 0. The lowest BCUT2D eigenvalue weighted by Crippen LogP contribution is -2.43. The maximum absolute atomic E-state index is 13.0. The number of morpholine rings is 1. The fraction of sp³-hybridized carbons (Fsp3) is 0.348. The molecule has 2 N–H and O–H groups in total. The molecule has 0 unspecified atom stereocenters. The lowest BCUT2D eigenvalue weighted by Gasteiger charge is -2.30. The zero-order valence-corrected chi connectivity index (χ0v) is 18.6. The Bertz CT molecular complexity index is 1060. The number of amides is 1. The van der Waals surface area contributed by atoms with Crippen LogP contribution in [0.5, 0.6) is 0 Å². The van der Waals surface area contributed by atoms with Crippen LogP contribution >= 0.6 is 11.3 Å². The standard InChI is InChI=1S/C23H26N6O2S/c30-23(27-18-16-25-6-5-19(18)28-9-7-24-8-10-28)21-3-2-20(32-21)17-1-4-22(26-15-17)29-11-13-31-14-12-29/h1-6,15-16,24H,7-14H2,(H,27,30). The molecule has 5 heterocycles. The number of piperazine rings is 1. The lowest BCUT2D eigenvalue weighted by molar-refractivity contribution is 0.103. The molecular weight excluding hydrogens is 424 g/mol. The van der Waals surface area contributed by atoms with E-state index in [1.165, 1.54) is 11.3 Å². The third-order valence-corrected chi connectivity index (χ3v) is 6.83. The molecule has 2 fully saturated rings. The number of hydrogen-bond acceptors (Lipinski definition) is 8. The Balaban J connectivity index is 1.28. The first-order valence-corrected chi connectivity index (χ1v) is 11.7. The summed E-state index contributed by atoms with van der Waals surface area (Å²) in [6, 6.07) is 9.91. The number of rotatable bonds is 5. The van der Waals surface area contributed by atoms with Gasteiger partial charge in [-0.05, 0) is 30.3 Å². The minimum atomic E-state index is -0.122. The zero-order valence-electron chi connectivity index (χ0n) is 17.8. The molecule has 2 saturated heterocycles. The number of nitrogens with one attached hydrogen (secondary N) is 2. The van der Waals surface area contributed by atoms with Crippen molar-refractivity contribution < 1.29 is 9.53 Å². The van der Waals surface area contributed by atoms with Crippen molar-refractivity contribution in [3.05, 3.63) is 53.8 Å². The Kier molecular flexibility index (Phi) is 6.29. The highest BCUT2D eigenvalue weighted by atomic mass is 32.1. The molecule has 3 aromatic rings. The third kappa shape index (κ3) is 4.59. The maximum Gasteiger partial charge on any atom is 0.265 e. The first-order valence-electron chi connectivity index (χ1n) is 10.9. The SMILES string of the molecule is O=C(Nc1cnccc1N1CCNCC1)c1ccc(-c2ccc(N3CCOCC3)nc2)s1. The Labute approximate surface area is 191 Å². The monoisotopic (exact) mass is 450 g/mol. The highest BCUT2D eigenvalue weighted by Gasteiger charge is 2.18. The van der Waals surface area contributed by atoms with Crippen LogP contribution in [0.2, 0.25) is 0 Å². The molecule has 32 heavy (non-hydrogen) atoms. The summed E-state index contributed by atoms with van der Waals surface area (Å²) < 4.78 is 5.41. The number of thiophene rings is 1. The second kappa shape index (κ2) is 9.64. The van der Waals surface area contributed by atoms with E-state index in [9.17, 15) is 4.79 Å². The van der Waals surface area contributed by atoms with E-state index >= 15 is 0 Å². The summed E-state index contributed by atoms with van der Waals surface area (Å²) in [5.74, 6) is 0.840. The van der Waals surface area contributed by atoms with Gasteiger partial charge in [-0.15, -0.1) is 11.3 Å². The van der Waals surface area contributed by atoms with E-state index in [1.54, 1.807) is 12.4 Å². The fourth-order valence-electron chi connectivity index (χ4n) is 3.98. The van der Waals surface area contributed by atoms with E-state index in [1.807, 2.05) is 30.5 Å². The van der Waals surface area contributed by atoms with E-state index in [4.69, 9.17) is 4.74 Å². The summed E-state index contributed by atoms with van der Waals surface area (Å²) in [6.07, 6.45) is 5.36. The van der Waals surface area contributed by atoms with Crippen molar-refractivity contribution in [2.75, 3.05) is 67.6 Å². The van der Waals surface area contributed by atoms with Crippen LogP contribution in [-0.2, 0) is 4.74 Å².